The fraction of sp³-hybridized carbons (Fsp3) is 0.471. The first kappa shape index (κ1) is 18.1. The number of nitrogens with zero attached hydrogens (tertiary/aromatic N) is 4. The molecule has 9 heteroatoms. The van der Waals surface area contributed by atoms with E-state index in [0.29, 0.717) is 24.1 Å². The molecule has 26 heavy (non-hydrogen) atoms. The second-order valence-corrected chi connectivity index (χ2v) is 6.43. The zero-order valence-electron chi connectivity index (χ0n) is 13.9. The molecule has 2 aromatic rings. The van der Waals surface area contributed by atoms with Gasteiger partial charge in [0.1, 0.15) is 12.0 Å². The van der Waals surface area contributed by atoms with Crippen molar-refractivity contribution in [2.75, 3.05) is 0 Å². The van der Waals surface area contributed by atoms with Gasteiger partial charge in [-0.3, -0.25) is 15.1 Å². The third-order valence-corrected chi connectivity index (χ3v) is 4.55. The summed E-state index contributed by atoms with van der Waals surface area (Å²) in [4.78, 5) is 22.5. The first-order valence-corrected chi connectivity index (χ1v) is 8.34. The molecule has 0 aliphatic heterocycles. The summed E-state index contributed by atoms with van der Waals surface area (Å²) >= 11 is 0. The number of aromatic nitrogens is 3. The molecular weight excluding hydrogens is 346 g/mol. The number of alkyl halides is 2. The SMILES string of the molecule is O=[N+]([O-])c1ccc(C[C@H]2CC[C@H](Cc3ncc(OC(F)F)cn3)C2)nc1. The lowest BCUT2D eigenvalue weighted by molar-refractivity contribution is -0.385. The van der Waals surface area contributed by atoms with Gasteiger partial charge in [-0.1, -0.05) is 0 Å². The highest BCUT2D eigenvalue weighted by Crippen LogP contribution is 2.34. The molecule has 1 aliphatic carbocycles. The summed E-state index contributed by atoms with van der Waals surface area (Å²) in [5.74, 6) is 1.47. The van der Waals surface area contributed by atoms with Crippen LogP contribution < -0.4 is 4.74 Å². The van der Waals surface area contributed by atoms with Crippen LogP contribution in [0.4, 0.5) is 14.5 Å². The van der Waals surface area contributed by atoms with E-state index in [0.717, 1.165) is 31.4 Å². The van der Waals surface area contributed by atoms with E-state index in [1.54, 1.807) is 6.07 Å². The standard InChI is InChI=1S/C17H18F2N4O3/c18-17(19)26-15-9-21-16(22-10-15)7-12-2-1-11(5-12)6-13-3-4-14(8-20-13)23(24)25/h3-4,8-12,17H,1-2,5-7H2/t11-,12-/m0/s1. The van der Waals surface area contributed by atoms with Crippen molar-refractivity contribution in [1.29, 1.82) is 0 Å². The summed E-state index contributed by atoms with van der Waals surface area (Å²) < 4.78 is 28.5. The van der Waals surface area contributed by atoms with Crippen LogP contribution in [-0.4, -0.2) is 26.5 Å². The molecule has 138 valence electrons. The minimum atomic E-state index is -2.88. The van der Waals surface area contributed by atoms with Crippen molar-refractivity contribution in [2.24, 2.45) is 11.8 Å². The van der Waals surface area contributed by atoms with Crippen molar-refractivity contribution >= 4 is 5.69 Å². The van der Waals surface area contributed by atoms with E-state index >= 15 is 0 Å². The molecule has 1 aliphatic rings. The van der Waals surface area contributed by atoms with E-state index in [4.69, 9.17) is 0 Å². The molecule has 0 bridgehead atoms. The molecule has 0 saturated heterocycles. The highest BCUT2D eigenvalue weighted by molar-refractivity contribution is 5.26. The zero-order valence-corrected chi connectivity index (χ0v) is 13.9. The molecule has 0 unspecified atom stereocenters. The van der Waals surface area contributed by atoms with Gasteiger partial charge in [0.05, 0.1) is 17.3 Å². The lowest BCUT2D eigenvalue weighted by Crippen LogP contribution is -2.07. The van der Waals surface area contributed by atoms with Gasteiger partial charge < -0.3 is 4.74 Å². The number of hydrogen-bond donors (Lipinski definition) is 0. The molecule has 3 rings (SSSR count). The van der Waals surface area contributed by atoms with Crippen molar-refractivity contribution in [3.63, 3.8) is 0 Å². The molecule has 2 atom stereocenters. The summed E-state index contributed by atoms with van der Waals surface area (Å²) in [6, 6.07) is 3.18. The van der Waals surface area contributed by atoms with Crippen molar-refractivity contribution < 1.29 is 18.4 Å². The zero-order chi connectivity index (χ0) is 18.5. The maximum absolute atomic E-state index is 12.1. The maximum atomic E-state index is 12.1. The summed E-state index contributed by atoms with van der Waals surface area (Å²) in [5.41, 5.74) is 0.848. The largest absolute Gasteiger partial charge is 0.432 e. The fourth-order valence-corrected chi connectivity index (χ4v) is 3.36. The Labute approximate surface area is 148 Å². The van der Waals surface area contributed by atoms with E-state index in [2.05, 4.69) is 19.7 Å². The second kappa shape index (κ2) is 8.11. The number of halogens is 2. The highest BCUT2D eigenvalue weighted by atomic mass is 19.3. The van der Waals surface area contributed by atoms with Crippen molar-refractivity contribution in [3.8, 4) is 5.75 Å². The molecule has 1 saturated carbocycles. The van der Waals surface area contributed by atoms with Crippen LogP contribution in [0.15, 0.2) is 30.7 Å². The fourth-order valence-electron chi connectivity index (χ4n) is 3.36. The summed E-state index contributed by atoms with van der Waals surface area (Å²) in [5, 5.41) is 10.7. The lowest BCUT2D eigenvalue weighted by Gasteiger charge is -2.11. The molecule has 0 spiro atoms. The molecule has 0 aromatic carbocycles. The highest BCUT2D eigenvalue weighted by Gasteiger charge is 2.26. The topological polar surface area (TPSA) is 91.0 Å². The van der Waals surface area contributed by atoms with Gasteiger partial charge in [-0.15, -0.1) is 0 Å². The van der Waals surface area contributed by atoms with Crippen LogP contribution in [0, 0.1) is 22.0 Å². The van der Waals surface area contributed by atoms with Crippen LogP contribution in [0.3, 0.4) is 0 Å². The van der Waals surface area contributed by atoms with Gasteiger partial charge in [0.15, 0.2) is 5.75 Å². The lowest BCUT2D eigenvalue weighted by atomic mass is 9.97. The monoisotopic (exact) mass is 364 g/mol. The van der Waals surface area contributed by atoms with Gasteiger partial charge in [0.25, 0.3) is 5.69 Å². The van der Waals surface area contributed by atoms with Crippen LogP contribution in [0.2, 0.25) is 0 Å². The molecule has 0 radical (unpaired) electrons. The minimum absolute atomic E-state index is 0.00512. The Morgan fingerprint density at radius 3 is 2.38 bits per heavy atom. The van der Waals surface area contributed by atoms with Gasteiger partial charge in [0, 0.05) is 18.2 Å². The van der Waals surface area contributed by atoms with Crippen molar-refractivity contribution in [2.45, 2.75) is 38.7 Å². The number of nitro groups is 1. The summed E-state index contributed by atoms with van der Waals surface area (Å²) in [6.07, 6.45) is 8.39. The quantitative estimate of drug-likeness (QED) is 0.551. The normalized spacial score (nSPS) is 19.7. The predicted molar refractivity (Wildman–Crippen MR) is 87.8 cm³/mol. The first-order chi connectivity index (χ1) is 12.5. The van der Waals surface area contributed by atoms with Crippen molar-refractivity contribution in [3.05, 3.63) is 52.4 Å². The van der Waals surface area contributed by atoms with E-state index in [-0.39, 0.29) is 11.4 Å². The van der Waals surface area contributed by atoms with E-state index < -0.39 is 11.5 Å². The third-order valence-electron chi connectivity index (χ3n) is 4.55. The molecule has 2 aromatic heterocycles. The van der Waals surface area contributed by atoms with Gasteiger partial charge in [0.2, 0.25) is 0 Å². The van der Waals surface area contributed by atoms with Crippen LogP contribution in [0.25, 0.3) is 0 Å². The molecular formula is C17H18F2N4O3. The number of pyridine rings is 1. The predicted octanol–water partition coefficient (Wildman–Crippen LogP) is 3.58. The minimum Gasteiger partial charge on any atom is -0.432 e. The number of ether oxygens (including phenoxy) is 1. The van der Waals surface area contributed by atoms with E-state index in [1.165, 1.54) is 24.7 Å². The Balaban J connectivity index is 1.49. The maximum Gasteiger partial charge on any atom is 0.387 e. The number of hydrogen-bond acceptors (Lipinski definition) is 6. The van der Waals surface area contributed by atoms with Gasteiger partial charge in [-0.25, -0.2) is 9.97 Å². The Morgan fingerprint density at radius 2 is 1.81 bits per heavy atom. The Bertz CT molecular complexity index is 741. The molecule has 2 heterocycles. The van der Waals surface area contributed by atoms with Gasteiger partial charge in [-0.2, -0.15) is 8.78 Å². The Hall–Kier alpha value is -2.71. The van der Waals surface area contributed by atoms with Crippen LogP contribution >= 0.6 is 0 Å². The van der Waals surface area contributed by atoms with Gasteiger partial charge >= 0.3 is 6.61 Å². The van der Waals surface area contributed by atoms with Crippen LogP contribution in [-0.2, 0) is 12.8 Å². The molecule has 1 fully saturated rings. The molecule has 7 nitrogen and oxygen atoms in total. The Morgan fingerprint density at radius 1 is 1.12 bits per heavy atom. The summed E-state index contributed by atoms with van der Waals surface area (Å²) in [7, 11) is 0. The molecule has 0 N–H and O–H groups in total. The first-order valence-electron chi connectivity index (χ1n) is 8.34. The smallest absolute Gasteiger partial charge is 0.387 e. The number of rotatable bonds is 7. The van der Waals surface area contributed by atoms with E-state index in [9.17, 15) is 18.9 Å². The van der Waals surface area contributed by atoms with Crippen LogP contribution in [0.1, 0.15) is 30.8 Å². The average Bonchev–Trinajstić information content (AvgIpc) is 3.03. The third kappa shape index (κ3) is 4.90. The Kier molecular flexibility index (Phi) is 5.65. The van der Waals surface area contributed by atoms with Crippen LogP contribution in [0.5, 0.6) is 5.75 Å². The summed E-state index contributed by atoms with van der Waals surface area (Å²) in [6.45, 7) is -2.88. The molecule has 0 amide bonds. The van der Waals surface area contributed by atoms with E-state index in [1.807, 2.05) is 0 Å². The second-order valence-electron chi connectivity index (χ2n) is 6.43. The van der Waals surface area contributed by atoms with Gasteiger partial charge in [-0.05, 0) is 43.6 Å². The van der Waals surface area contributed by atoms with Crippen molar-refractivity contribution in [1.82, 2.24) is 15.0 Å². The average molecular weight is 364 g/mol.